The van der Waals surface area contributed by atoms with Crippen molar-refractivity contribution in [1.82, 2.24) is 4.72 Å². The van der Waals surface area contributed by atoms with Gasteiger partial charge in [0.25, 0.3) is 0 Å². The second-order valence-electron chi connectivity index (χ2n) is 5.42. The zero-order chi connectivity index (χ0) is 13.9. The Labute approximate surface area is 114 Å². The number of hydrogen-bond acceptors (Lipinski definition) is 3. The molecule has 0 bridgehead atoms. The highest BCUT2D eigenvalue weighted by molar-refractivity contribution is 7.89. The largest absolute Gasteiger partial charge is 0.389 e. The molecule has 1 aliphatic carbocycles. The fourth-order valence-electron chi connectivity index (χ4n) is 2.42. The van der Waals surface area contributed by atoms with Crippen molar-refractivity contribution in [3.8, 4) is 0 Å². The van der Waals surface area contributed by atoms with Crippen LogP contribution >= 0.6 is 0 Å². The second-order valence-corrected chi connectivity index (χ2v) is 7.19. The molecule has 0 heterocycles. The van der Waals surface area contributed by atoms with E-state index in [0.717, 1.165) is 24.8 Å². The summed E-state index contributed by atoms with van der Waals surface area (Å²) in [5, 5.41) is 10.3. The normalized spacial score (nSPS) is 19.3. The Kier molecular flexibility index (Phi) is 4.28. The van der Waals surface area contributed by atoms with E-state index in [1.807, 2.05) is 6.92 Å². The van der Waals surface area contributed by atoms with E-state index >= 15 is 0 Å². The van der Waals surface area contributed by atoms with Gasteiger partial charge in [-0.3, -0.25) is 0 Å². The van der Waals surface area contributed by atoms with Crippen molar-refractivity contribution < 1.29 is 13.5 Å². The van der Waals surface area contributed by atoms with Crippen LogP contribution in [0.4, 0.5) is 0 Å². The van der Waals surface area contributed by atoms with Crippen LogP contribution in [-0.2, 0) is 10.0 Å². The van der Waals surface area contributed by atoms with Crippen LogP contribution in [0.1, 0.15) is 37.7 Å². The van der Waals surface area contributed by atoms with Crippen molar-refractivity contribution in [2.45, 2.75) is 49.5 Å². The van der Waals surface area contributed by atoms with Crippen LogP contribution in [0.5, 0.6) is 0 Å². The fraction of sp³-hybridized carbons (Fsp3) is 0.571. The molecule has 1 fully saturated rings. The summed E-state index contributed by atoms with van der Waals surface area (Å²) in [7, 11) is -3.52. The van der Waals surface area contributed by atoms with Gasteiger partial charge in [-0.05, 0) is 31.9 Å². The van der Waals surface area contributed by atoms with Crippen molar-refractivity contribution in [2.24, 2.45) is 0 Å². The quantitative estimate of drug-likeness (QED) is 0.888. The summed E-state index contributed by atoms with van der Waals surface area (Å²) >= 11 is 0. The molecule has 1 aromatic rings. The maximum atomic E-state index is 12.1. The Balaban J connectivity index is 2.03. The minimum Gasteiger partial charge on any atom is -0.389 e. The Morgan fingerprint density at radius 3 is 2.32 bits per heavy atom. The smallest absolute Gasteiger partial charge is 0.240 e. The monoisotopic (exact) mass is 283 g/mol. The number of benzene rings is 1. The second kappa shape index (κ2) is 5.61. The lowest BCUT2D eigenvalue weighted by atomic mass is 9.85. The molecular weight excluding hydrogens is 262 g/mol. The van der Waals surface area contributed by atoms with Gasteiger partial charge < -0.3 is 5.11 Å². The number of hydrogen-bond donors (Lipinski definition) is 2. The van der Waals surface area contributed by atoms with Gasteiger partial charge in [0.05, 0.1) is 10.5 Å². The van der Waals surface area contributed by atoms with Crippen molar-refractivity contribution >= 4 is 10.0 Å². The number of sulfonamides is 1. The number of aliphatic hydroxyl groups is 1. The first-order valence-corrected chi connectivity index (χ1v) is 8.18. The van der Waals surface area contributed by atoms with E-state index in [4.69, 9.17) is 0 Å². The first-order valence-electron chi connectivity index (χ1n) is 6.70. The average Bonchev–Trinajstić information content (AvgIpc) is 2.38. The van der Waals surface area contributed by atoms with Gasteiger partial charge in [0.2, 0.25) is 10.0 Å². The molecule has 0 saturated heterocycles. The molecule has 4 nitrogen and oxygen atoms in total. The molecule has 5 heteroatoms. The van der Waals surface area contributed by atoms with E-state index in [1.165, 1.54) is 0 Å². The topological polar surface area (TPSA) is 66.4 Å². The summed E-state index contributed by atoms with van der Waals surface area (Å²) in [6, 6.07) is 6.71. The van der Waals surface area contributed by atoms with Crippen LogP contribution in [0.15, 0.2) is 29.2 Å². The molecule has 0 radical (unpaired) electrons. The summed E-state index contributed by atoms with van der Waals surface area (Å²) in [5.41, 5.74) is 0.139. The molecule has 0 atom stereocenters. The summed E-state index contributed by atoms with van der Waals surface area (Å²) in [5.74, 6) is 0. The summed E-state index contributed by atoms with van der Waals surface area (Å²) < 4.78 is 26.7. The van der Waals surface area contributed by atoms with Crippen LogP contribution < -0.4 is 4.72 Å². The molecule has 2 rings (SSSR count). The fourth-order valence-corrected chi connectivity index (χ4v) is 3.54. The third-order valence-corrected chi connectivity index (χ3v) is 5.12. The first-order chi connectivity index (χ1) is 8.91. The van der Waals surface area contributed by atoms with E-state index in [0.29, 0.717) is 12.8 Å². The van der Waals surface area contributed by atoms with E-state index in [1.54, 1.807) is 24.3 Å². The van der Waals surface area contributed by atoms with Gasteiger partial charge in [-0.1, -0.05) is 37.0 Å². The number of rotatable bonds is 4. The van der Waals surface area contributed by atoms with Crippen LogP contribution in [0, 0.1) is 6.92 Å². The Morgan fingerprint density at radius 2 is 1.74 bits per heavy atom. The standard InChI is InChI=1S/C14H21NO3S/c1-12-5-7-13(8-6-12)19(17,18)15-11-14(16)9-3-2-4-10-14/h5-8,15-16H,2-4,9-11H2,1H3. The van der Waals surface area contributed by atoms with Gasteiger partial charge in [0, 0.05) is 6.54 Å². The highest BCUT2D eigenvalue weighted by Crippen LogP contribution is 2.27. The number of nitrogens with one attached hydrogen (secondary N) is 1. The van der Waals surface area contributed by atoms with Crippen molar-refractivity contribution in [1.29, 1.82) is 0 Å². The van der Waals surface area contributed by atoms with Crippen molar-refractivity contribution in [2.75, 3.05) is 6.54 Å². The van der Waals surface area contributed by atoms with Gasteiger partial charge >= 0.3 is 0 Å². The summed E-state index contributed by atoms with van der Waals surface area (Å²) in [4.78, 5) is 0.248. The lowest BCUT2D eigenvalue weighted by Gasteiger charge is -2.32. The first kappa shape index (κ1) is 14.5. The van der Waals surface area contributed by atoms with E-state index < -0.39 is 15.6 Å². The Morgan fingerprint density at radius 1 is 1.16 bits per heavy atom. The van der Waals surface area contributed by atoms with Gasteiger partial charge in [-0.25, -0.2) is 13.1 Å². The molecule has 0 aromatic heterocycles. The molecule has 106 valence electrons. The minimum atomic E-state index is -3.52. The van der Waals surface area contributed by atoms with Crippen molar-refractivity contribution in [3.05, 3.63) is 29.8 Å². The van der Waals surface area contributed by atoms with Gasteiger partial charge in [-0.2, -0.15) is 0 Å². The van der Waals surface area contributed by atoms with Gasteiger partial charge in [0.1, 0.15) is 0 Å². The third-order valence-electron chi connectivity index (χ3n) is 3.71. The van der Waals surface area contributed by atoms with E-state index in [2.05, 4.69) is 4.72 Å². The highest BCUT2D eigenvalue weighted by Gasteiger charge is 2.30. The molecular formula is C14H21NO3S. The van der Waals surface area contributed by atoms with E-state index in [9.17, 15) is 13.5 Å². The minimum absolute atomic E-state index is 0.100. The van der Waals surface area contributed by atoms with Crippen LogP contribution in [-0.4, -0.2) is 25.7 Å². The number of aryl methyl sites for hydroxylation is 1. The van der Waals surface area contributed by atoms with Gasteiger partial charge in [-0.15, -0.1) is 0 Å². The molecule has 0 spiro atoms. The van der Waals surface area contributed by atoms with Crippen molar-refractivity contribution in [3.63, 3.8) is 0 Å². The van der Waals surface area contributed by atoms with Crippen LogP contribution in [0.2, 0.25) is 0 Å². The lowest BCUT2D eigenvalue weighted by molar-refractivity contribution is 0.00945. The molecule has 0 aliphatic heterocycles. The molecule has 1 saturated carbocycles. The molecule has 19 heavy (non-hydrogen) atoms. The van der Waals surface area contributed by atoms with Crippen LogP contribution in [0.3, 0.4) is 0 Å². The predicted octanol–water partition coefficient (Wildman–Crippen LogP) is 1.97. The predicted molar refractivity (Wildman–Crippen MR) is 74.4 cm³/mol. The Bertz CT molecular complexity index is 516. The lowest BCUT2D eigenvalue weighted by Crippen LogP contribution is -2.44. The maximum absolute atomic E-state index is 12.1. The molecule has 2 N–H and O–H groups in total. The summed E-state index contributed by atoms with van der Waals surface area (Å²) in [6.07, 6.45) is 4.38. The SMILES string of the molecule is Cc1ccc(S(=O)(=O)NCC2(O)CCCCC2)cc1. The Hall–Kier alpha value is -0.910. The molecule has 0 unspecified atom stereocenters. The average molecular weight is 283 g/mol. The van der Waals surface area contributed by atoms with E-state index in [-0.39, 0.29) is 11.4 Å². The zero-order valence-electron chi connectivity index (χ0n) is 11.2. The maximum Gasteiger partial charge on any atom is 0.240 e. The summed E-state index contributed by atoms with van der Waals surface area (Å²) in [6.45, 7) is 2.01. The highest BCUT2D eigenvalue weighted by atomic mass is 32.2. The van der Waals surface area contributed by atoms with Crippen LogP contribution in [0.25, 0.3) is 0 Å². The third kappa shape index (κ3) is 3.78. The molecule has 1 aromatic carbocycles. The molecule has 0 amide bonds. The molecule has 1 aliphatic rings. The zero-order valence-corrected chi connectivity index (χ0v) is 12.0. The van der Waals surface area contributed by atoms with Gasteiger partial charge in [0.15, 0.2) is 0 Å².